The lowest BCUT2D eigenvalue weighted by molar-refractivity contribution is -0.122. The number of nitrogens with zero attached hydrogens (tertiary/aromatic N) is 3. The number of benzene rings is 2. The van der Waals surface area contributed by atoms with Crippen LogP contribution >= 0.6 is 27.7 Å². The van der Waals surface area contributed by atoms with E-state index in [1.807, 2.05) is 35.4 Å². The molecule has 0 radical (unpaired) electrons. The standard InChI is InChI=1S/C19H17BrN4OS/c1-13-2-4-14(5-3-13)12-26-19-22-21-17-18(25)23(10-11-24(17)19)16-8-6-15(20)7-9-16/h2-11,17,21H,12H2,1H3. The van der Waals surface area contributed by atoms with Gasteiger partial charge in [-0.15, -0.1) is 0 Å². The normalized spacial score (nSPS) is 18.6. The summed E-state index contributed by atoms with van der Waals surface area (Å²) in [6.45, 7) is 2.08. The average molecular weight is 429 g/mol. The highest BCUT2D eigenvalue weighted by atomic mass is 79.9. The van der Waals surface area contributed by atoms with Crippen molar-refractivity contribution in [2.24, 2.45) is 5.10 Å². The molecule has 2 aliphatic rings. The van der Waals surface area contributed by atoms with Crippen LogP contribution in [0.1, 0.15) is 11.1 Å². The lowest BCUT2D eigenvalue weighted by atomic mass is 10.2. The number of anilines is 1. The highest BCUT2D eigenvalue weighted by Crippen LogP contribution is 2.27. The second-order valence-corrected chi connectivity index (χ2v) is 7.95. The van der Waals surface area contributed by atoms with Gasteiger partial charge >= 0.3 is 0 Å². The van der Waals surface area contributed by atoms with Crippen molar-refractivity contribution in [3.8, 4) is 0 Å². The van der Waals surface area contributed by atoms with Crippen LogP contribution in [0, 0.1) is 6.92 Å². The molecule has 0 spiro atoms. The molecule has 2 aromatic rings. The van der Waals surface area contributed by atoms with Crippen LogP contribution in [0.3, 0.4) is 0 Å². The van der Waals surface area contributed by atoms with Crippen LogP contribution in [0.15, 0.2) is 70.5 Å². The van der Waals surface area contributed by atoms with Crippen molar-refractivity contribution in [1.29, 1.82) is 0 Å². The molecule has 0 bridgehead atoms. The summed E-state index contributed by atoms with van der Waals surface area (Å²) in [5.74, 6) is 0.757. The fourth-order valence-electron chi connectivity index (χ4n) is 2.77. The number of fused-ring (bicyclic) bond motifs is 1. The van der Waals surface area contributed by atoms with Gasteiger partial charge in [0.25, 0.3) is 5.91 Å². The van der Waals surface area contributed by atoms with Gasteiger partial charge in [0, 0.05) is 28.3 Å². The number of hydrogen-bond donors (Lipinski definition) is 1. The van der Waals surface area contributed by atoms with Gasteiger partial charge in [-0.1, -0.05) is 57.5 Å². The molecule has 2 aliphatic heterocycles. The highest BCUT2D eigenvalue weighted by molar-refractivity contribution is 9.10. The first-order chi connectivity index (χ1) is 12.6. The summed E-state index contributed by atoms with van der Waals surface area (Å²) in [6.07, 6.45) is 3.19. The first kappa shape index (κ1) is 17.2. The number of carbonyl (C=O) groups is 1. The van der Waals surface area contributed by atoms with Gasteiger partial charge in [0.1, 0.15) is 0 Å². The molecule has 1 unspecified atom stereocenters. The molecule has 4 rings (SSSR count). The lowest BCUT2D eigenvalue weighted by Gasteiger charge is -2.31. The molecule has 1 N–H and O–H groups in total. The molecule has 2 heterocycles. The lowest BCUT2D eigenvalue weighted by Crippen LogP contribution is -2.52. The van der Waals surface area contributed by atoms with Crippen molar-refractivity contribution in [1.82, 2.24) is 10.3 Å². The summed E-state index contributed by atoms with van der Waals surface area (Å²) < 4.78 is 0.980. The van der Waals surface area contributed by atoms with Crippen molar-refractivity contribution in [2.75, 3.05) is 4.90 Å². The molecule has 26 heavy (non-hydrogen) atoms. The van der Waals surface area contributed by atoms with Gasteiger partial charge in [-0.25, -0.2) is 0 Å². The summed E-state index contributed by atoms with van der Waals surface area (Å²) in [6, 6.07) is 16.1. The van der Waals surface area contributed by atoms with E-state index < -0.39 is 6.17 Å². The third kappa shape index (κ3) is 3.37. The maximum atomic E-state index is 12.8. The Bertz CT molecular complexity index is 879. The third-order valence-corrected chi connectivity index (χ3v) is 5.79. The minimum absolute atomic E-state index is 0.0514. The molecule has 7 heteroatoms. The summed E-state index contributed by atoms with van der Waals surface area (Å²) >= 11 is 5.03. The number of nitrogens with one attached hydrogen (secondary N) is 1. The number of amides is 1. The van der Waals surface area contributed by atoms with Crippen molar-refractivity contribution in [2.45, 2.75) is 18.8 Å². The average Bonchev–Trinajstić information content (AvgIpc) is 3.07. The van der Waals surface area contributed by atoms with Crippen LogP contribution < -0.4 is 10.3 Å². The zero-order valence-electron chi connectivity index (χ0n) is 14.1. The smallest absolute Gasteiger partial charge is 0.276 e. The first-order valence-electron chi connectivity index (χ1n) is 8.19. The van der Waals surface area contributed by atoms with Gasteiger partial charge in [-0.05, 0) is 36.8 Å². The highest BCUT2D eigenvalue weighted by Gasteiger charge is 2.38. The van der Waals surface area contributed by atoms with Gasteiger partial charge < -0.3 is 0 Å². The van der Waals surface area contributed by atoms with Crippen molar-refractivity contribution < 1.29 is 4.79 Å². The van der Waals surface area contributed by atoms with E-state index in [2.05, 4.69) is 57.6 Å². The van der Waals surface area contributed by atoms with Gasteiger partial charge in [-0.3, -0.25) is 20.0 Å². The summed E-state index contributed by atoms with van der Waals surface area (Å²) in [5, 5.41) is 5.16. The Labute approximate surface area is 164 Å². The molecule has 0 aliphatic carbocycles. The van der Waals surface area contributed by atoms with Crippen LogP contribution in [0.4, 0.5) is 5.69 Å². The third-order valence-electron chi connectivity index (χ3n) is 4.22. The van der Waals surface area contributed by atoms with E-state index >= 15 is 0 Å². The van der Waals surface area contributed by atoms with Gasteiger partial charge in [-0.2, -0.15) is 5.10 Å². The Hall–Kier alpha value is -2.25. The van der Waals surface area contributed by atoms with Crippen molar-refractivity contribution >= 4 is 44.5 Å². The van der Waals surface area contributed by atoms with E-state index in [9.17, 15) is 4.79 Å². The molecule has 1 amide bonds. The number of hydrazone groups is 1. The molecule has 0 aromatic heterocycles. The van der Waals surface area contributed by atoms with E-state index in [1.165, 1.54) is 11.1 Å². The number of rotatable bonds is 3. The zero-order chi connectivity index (χ0) is 18.1. The number of carbonyl (C=O) groups excluding carboxylic acids is 1. The molecule has 0 saturated carbocycles. The van der Waals surface area contributed by atoms with Gasteiger partial charge in [0.05, 0.1) is 0 Å². The molecule has 132 valence electrons. The van der Waals surface area contributed by atoms with E-state index in [1.54, 1.807) is 22.9 Å². The van der Waals surface area contributed by atoms with E-state index in [0.717, 1.165) is 21.1 Å². The molecule has 0 fully saturated rings. The Morgan fingerprint density at radius 2 is 1.85 bits per heavy atom. The van der Waals surface area contributed by atoms with E-state index in [0.29, 0.717) is 0 Å². The molecule has 2 aromatic carbocycles. The predicted molar refractivity (Wildman–Crippen MR) is 109 cm³/mol. The largest absolute Gasteiger partial charge is 0.294 e. The van der Waals surface area contributed by atoms with E-state index in [4.69, 9.17) is 0 Å². The van der Waals surface area contributed by atoms with Crippen LogP contribution in [0.5, 0.6) is 0 Å². The van der Waals surface area contributed by atoms with E-state index in [-0.39, 0.29) is 5.91 Å². The summed E-state index contributed by atoms with van der Waals surface area (Å²) in [7, 11) is 0. The Morgan fingerprint density at radius 3 is 2.58 bits per heavy atom. The second-order valence-electron chi connectivity index (χ2n) is 6.09. The fraction of sp³-hybridized carbons (Fsp3) is 0.158. The van der Waals surface area contributed by atoms with Crippen molar-refractivity contribution in [3.63, 3.8) is 0 Å². The Kier molecular flexibility index (Phi) is 4.74. The minimum Gasteiger partial charge on any atom is -0.294 e. The molecular formula is C19H17BrN4OS. The SMILES string of the molecule is Cc1ccc(CSC2=NNC3C(=O)N(c4ccc(Br)cc4)C=CN23)cc1. The van der Waals surface area contributed by atoms with Gasteiger partial charge in [0.2, 0.25) is 6.17 Å². The van der Waals surface area contributed by atoms with Crippen LogP contribution in [0.2, 0.25) is 0 Å². The number of halogens is 1. The van der Waals surface area contributed by atoms with Crippen LogP contribution in [-0.2, 0) is 10.5 Å². The number of aryl methyl sites for hydroxylation is 1. The second kappa shape index (κ2) is 7.17. The summed E-state index contributed by atoms with van der Waals surface area (Å²) in [4.78, 5) is 16.4. The van der Waals surface area contributed by atoms with Crippen LogP contribution in [-0.4, -0.2) is 22.1 Å². The number of hydrogen-bond acceptors (Lipinski definition) is 5. The maximum absolute atomic E-state index is 12.8. The monoisotopic (exact) mass is 428 g/mol. The zero-order valence-corrected chi connectivity index (χ0v) is 16.5. The topological polar surface area (TPSA) is 47.9 Å². The number of amidine groups is 1. The molecule has 1 atom stereocenters. The molecular weight excluding hydrogens is 412 g/mol. The molecule has 0 saturated heterocycles. The predicted octanol–water partition coefficient (Wildman–Crippen LogP) is 4.01. The van der Waals surface area contributed by atoms with Gasteiger partial charge in [0.15, 0.2) is 5.17 Å². The Morgan fingerprint density at radius 1 is 1.12 bits per heavy atom. The Balaban J connectivity index is 1.46. The number of thioether (sulfide) groups is 1. The first-order valence-corrected chi connectivity index (χ1v) is 9.96. The maximum Gasteiger partial charge on any atom is 0.276 e. The fourth-order valence-corrected chi connectivity index (χ4v) is 3.95. The summed E-state index contributed by atoms with van der Waals surface area (Å²) in [5.41, 5.74) is 6.27. The quantitative estimate of drug-likeness (QED) is 0.801. The van der Waals surface area contributed by atoms with Crippen molar-refractivity contribution in [3.05, 3.63) is 76.5 Å². The minimum atomic E-state index is -0.496. The molecule has 5 nitrogen and oxygen atoms in total. The van der Waals surface area contributed by atoms with Crippen LogP contribution in [0.25, 0.3) is 0 Å².